The second kappa shape index (κ2) is 6.37. The van der Waals surface area contributed by atoms with Crippen LogP contribution in [0.1, 0.15) is 10.4 Å². The molecule has 2 heterocycles. The summed E-state index contributed by atoms with van der Waals surface area (Å²) in [6, 6.07) is 11.4. The van der Waals surface area contributed by atoms with Gasteiger partial charge in [-0.25, -0.2) is 0 Å². The van der Waals surface area contributed by atoms with E-state index in [1.807, 2.05) is 24.3 Å². The van der Waals surface area contributed by atoms with Gasteiger partial charge in [0, 0.05) is 36.9 Å². The van der Waals surface area contributed by atoms with Crippen molar-refractivity contribution in [2.75, 3.05) is 36.5 Å². The smallest absolute Gasteiger partial charge is 0.257 e. The lowest BCUT2D eigenvalue weighted by Crippen LogP contribution is -2.36. The molecule has 1 aromatic carbocycles. The highest BCUT2D eigenvalue weighted by atomic mass is 16.5. The molecule has 0 radical (unpaired) electrons. The van der Waals surface area contributed by atoms with Gasteiger partial charge in [0.15, 0.2) is 0 Å². The number of aromatic nitrogens is 1. The van der Waals surface area contributed by atoms with E-state index in [0.717, 1.165) is 37.7 Å². The zero-order valence-corrected chi connectivity index (χ0v) is 11.7. The minimum Gasteiger partial charge on any atom is -0.378 e. The molecule has 3 rings (SSSR count). The fourth-order valence-electron chi connectivity index (χ4n) is 2.30. The highest BCUT2D eigenvalue weighted by molar-refractivity contribution is 6.04. The third-order valence-electron chi connectivity index (χ3n) is 3.40. The molecule has 0 saturated carbocycles. The molecule has 0 aliphatic carbocycles. The van der Waals surface area contributed by atoms with Gasteiger partial charge in [-0.1, -0.05) is 6.07 Å². The standard InChI is InChI=1S/C16H17N3O2/c20-16(13-3-2-6-17-12-13)18-14-4-1-5-15(11-14)19-7-9-21-10-8-19/h1-6,11-12H,7-10H2,(H,18,20). The summed E-state index contributed by atoms with van der Waals surface area (Å²) >= 11 is 0. The Morgan fingerprint density at radius 3 is 2.81 bits per heavy atom. The molecule has 1 aliphatic rings. The number of carbonyl (C=O) groups excluding carboxylic acids is 1. The number of amides is 1. The number of nitrogens with zero attached hydrogens (tertiary/aromatic N) is 2. The van der Waals surface area contributed by atoms with E-state index in [1.54, 1.807) is 24.5 Å². The summed E-state index contributed by atoms with van der Waals surface area (Å²) in [4.78, 5) is 18.3. The van der Waals surface area contributed by atoms with Crippen molar-refractivity contribution in [1.82, 2.24) is 4.98 Å². The molecule has 1 saturated heterocycles. The van der Waals surface area contributed by atoms with E-state index in [4.69, 9.17) is 4.74 Å². The van der Waals surface area contributed by atoms with E-state index in [9.17, 15) is 4.79 Å². The lowest BCUT2D eigenvalue weighted by Gasteiger charge is -2.29. The van der Waals surface area contributed by atoms with E-state index < -0.39 is 0 Å². The van der Waals surface area contributed by atoms with Crippen LogP contribution in [0.25, 0.3) is 0 Å². The SMILES string of the molecule is O=C(Nc1cccc(N2CCOCC2)c1)c1cccnc1. The first-order valence-electron chi connectivity index (χ1n) is 6.97. The number of rotatable bonds is 3. The number of ether oxygens (including phenoxy) is 1. The minimum absolute atomic E-state index is 0.151. The van der Waals surface area contributed by atoms with Crippen LogP contribution in [0.3, 0.4) is 0 Å². The number of hydrogen-bond donors (Lipinski definition) is 1. The van der Waals surface area contributed by atoms with Crippen LogP contribution in [0.4, 0.5) is 11.4 Å². The van der Waals surface area contributed by atoms with Crippen LogP contribution in [0.15, 0.2) is 48.8 Å². The lowest BCUT2D eigenvalue weighted by molar-refractivity contribution is 0.102. The minimum atomic E-state index is -0.151. The van der Waals surface area contributed by atoms with E-state index in [0.29, 0.717) is 5.56 Å². The number of hydrogen-bond acceptors (Lipinski definition) is 4. The highest BCUT2D eigenvalue weighted by Crippen LogP contribution is 2.20. The summed E-state index contributed by atoms with van der Waals surface area (Å²) in [5, 5.41) is 2.90. The van der Waals surface area contributed by atoms with Crippen molar-refractivity contribution in [3.63, 3.8) is 0 Å². The fourth-order valence-corrected chi connectivity index (χ4v) is 2.30. The van der Waals surface area contributed by atoms with Crippen LogP contribution in [-0.2, 0) is 4.74 Å². The van der Waals surface area contributed by atoms with Gasteiger partial charge < -0.3 is 15.0 Å². The van der Waals surface area contributed by atoms with Crippen LogP contribution in [-0.4, -0.2) is 37.2 Å². The van der Waals surface area contributed by atoms with Gasteiger partial charge in [-0.2, -0.15) is 0 Å². The van der Waals surface area contributed by atoms with E-state index in [2.05, 4.69) is 15.2 Å². The summed E-state index contributed by atoms with van der Waals surface area (Å²) in [5.74, 6) is -0.151. The van der Waals surface area contributed by atoms with Gasteiger partial charge >= 0.3 is 0 Å². The van der Waals surface area contributed by atoms with Crippen LogP contribution < -0.4 is 10.2 Å². The average Bonchev–Trinajstić information content (AvgIpc) is 2.57. The van der Waals surface area contributed by atoms with E-state index >= 15 is 0 Å². The molecule has 0 spiro atoms. The first kappa shape index (κ1) is 13.6. The molecule has 1 amide bonds. The molecule has 1 aliphatic heterocycles. The zero-order chi connectivity index (χ0) is 14.5. The van der Waals surface area contributed by atoms with E-state index in [-0.39, 0.29) is 5.91 Å². The first-order chi connectivity index (χ1) is 10.3. The number of morpholine rings is 1. The Morgan fingerprint density at radius 1 is 1.19 bits per heavy atom. The maximum atomic E-state index is 12.1. The van der Waals surface area contributed by atoms with E-state index in [1.165, 1.54) is 0 Å². The third-order valence-corrected chi connectivity index (χ3v) is 3.40. The number of carbonyl (C=O) groups is 1. The predicted molar refractivity (Wildman–Crippen MR) is 81.7 cm³/mol. The van der Waals surface area contributed by atoms with Gasteiger partial charge in [0.2, 0.25) is 0 Å². The molecule has 21 heavy (non-hydrogen) atoms. The highest BCUT2D eigenvalue weighted by Gasteiger charge is 2.12. The monoisotopic (exact) mass is 283 g/mol. The van der Waals surface area contributed by atoms with Crippen LogP contribution >= 0.6 is 0 Å². The maximum absolute atomic E-state index is 12.1. The Labute approximate surface area is 123 Å². The molecule has 5 nitrogen and oxygen atoms in total. The molecule has 1 N–H and O–H groups in total. The molecule has 2 aromatic rings. The zero-order valence-electron chi connectivity index (χ0n) is 11.7. The van der Waals surface area contributed by atoms with Crippen molar-refractivity contribution < 1.29 is 9.53 Å². The molecule has 1 fully saturated rings. The van der Waals surface area contributed by atoms with Crippen LogP contribution in [0.2, 0.25) is 0 Å². The van der Waals surface area contributed by atoms with Gasteiger partial charge in [0.1, 0.15) is 0 Å². The molecular weight excluding hydrogens is 266 g/mol. The maximum Gasteiger partial charge on any atom is 0.257 e. The second-order valence-electron chi connectivity index (χ2n) is 4.85. The molecule has 0 unspecified atom stereocenters. The van der Waals surface area contributed by atoms with Gasteiger partial charge in [-0.15, -0.1) is 0 Å². The number of nitrogens with one attached hydrogen (secondary N) is 1. The van der Waals surface area contributed by atoms with Crippen molar-refractivity contribution >= 4 is 17.3 Å². The lowest BCUT2D eigenvalue weighted by atomic mass is 10.2. The second-order valence-corrected chi connectivity index (χ2v) is 4.85. The summed E-state index contributed by atoms with van der Waals surface area (Å²) in [5.41, 5.74) is 2.43. The number of pyridine rings is 1. The Hall–Kier alpha value is -2.40. The van der Waals surface area contributed by atoms with Gasteiger partial charge in [0.05, 0.1) is 18.8 Å². The summed E-state index contributed by atoms with van der Waals surface area (Å²) in [7, 11) is 0. The Bertz CT molecular complexity index is 610. The Morgan fingerprint density at radius 2 is 2.05 bits per heavy atom. The molecule has 0 atom stereocenters. The fraction of sp³-hybridized carbons (Fsp3) is 0.250. The Kier molecular flexibility index (Phi) is 4.12. The van der Waals surface area contributed by atoms with Crippen LogP contribution in [0.5, 0.6) is 0 Å². The largest absolute Gasteiger partial charge is 0.378 e. The first-order valence-corrected chi connectivity index (χ1v) is 6.97. The molecule has 1 aromatic heterocycles. The Balaban J connectivity index is 1.72. The molecule has 0 bridgehead atoms. The van der Waals surface area contributed by atoms with Crippen LogP contribution in [0, 0.1) is 0 Å². The number of anilines is 2. The molecule has 108 valence electrons. The quantitative estimate of drug-likeness (QED) is 0.938. The van der Waals surface area contributed by atoms with Gasteiger partial charge in [-0.05, 0) is 30.3 Å². The van der Waals surface area contributed by atoms with Gasteiger partial charge in [0.25, 0.3) is 5.91 Å². The van der Waals surface area contributed by atoms with Crippen molar-refractivity contribution in [1.29, 1.82) is 0 Å². The summed E-state index contributed by atoms with van der Waals surface area (Å²) < 4.78 is 5.36. The normalized spacial score (nSPS) is 14.8. The summed E-state index contributed by atoms with van der Waals surface area (Å²) in [6.45, 7) is 3.23. The molecule has 5 heteroatoms. The number of benzene rings is 1. The van der Waals surface area contributed by atoms with Crippen molar-refractivity contribution in [2.24, 2.45) is 0 Å². The van der Waals surface area contributed by atoms with Gasteiger partial charge in [-0.3, -0.25) is 9.78 Å². The predicted octanol–water partition coefficient (Wildman–Crippen LogP) is 2.17. The third kappa shape index (κ3) is 3.38. The average molecular weight is 283 g/mol. The van der Waals surface area contributed by atoms with Crippen molar-refractivity contribution in [3.05, 3.63) is 54.4 Å². The van der Waals surface area contributed by atoms with Crippen molar-refractivity contribution in [2.45, 2.75) is 0 Å². The van der Waals surface area contributed by atoms with Crippen molar-refractivity contribution in [3.8, 4) is 0 Å². The topological polar surface area (TPSA) is 54.5 Å². The molecular formula is C16H17N3O2. The summed E-state index contributed by atoms with van der Waals surface area (Å²) in [6.07, 6.45) is 3.21.